The Hall–Kier alpha value is -1.40. The van der Waals surface area contributed by atoms with Crippen LogP contribution in [0.2, 0.25) is 0 Å². The quantitative estimate of drug-likeness (QED) is 0.799. The van der Waals surface area contributed by atoms with Gasteiger partial charge in [-0.1, -0.05) is 19.3 Å². The van der Waals surface area contributed by atoms with Crippen molar-refractivity contribution in [2.24, 2.45) is 0 Å². The maximum absolute atomic E-state index is 9.40. The predicted octanol–water partition coefficient (Wildman–Crippen LogP) is 1.80. The number of aromatic nitrogens is 2. The molecule has 0 unspecified atom stereocenters. The molecular weight excluding hydrogens is 268 g/mol. The van der Waals surface area contributed by atoms with Crippen LogP contribution in [0.15, 0.2) is 6.07 Å². The number of methoxy groups -OCH3 is 1. The van der Waals surface area contributed by atoms with Crippen LogP contribution in [-0.4, -0.2) is 48.4 Å². The van der Waals surface area contributed by atoms with Gasteiger partial charge in [0.25, 0.3) is 0 Å². The topological polar surface area (TPSA) is 70.5 Å². The van der Waals surface area contributed by atoms with Crippen molar-refractivity contribution in [3.63, 3.8) is 0 Å². The molecule has 1 aromatic rings. The van der Waals surface area contributed by atoms with Crippen LogP contribution in [0.4, 0.5) is 11.6 Å². The molecule has 2 N–H and O–H groups in total. The first kappa shape index (κ1) is 16.0. The van der Waals surface area contributed by atoms with Gasteiger partial charge >= 0.3 is 0 Å². The molecule has 6 heteroatoms. The van der Waals surface area contributed by atoms with Gasteiger partial charge in [-0.05, 0) is 12.8 Å². The molecule has 1 aliphatic rings. The largest absolute Gasteiger partial charge is 0.395 e. The number of aliphatic hydroxyl groups excluding tert-OH is 1. The summed E-state index contributed by atoms with van der Waals surface area (Å²) in [5.41, 5.74) is 0. The minimum absolute atomic E-state index is 0.134. The number of rotatable bonds is 7. The maximum atomic E-state index is 9.40. The number of hydrogen-bond acceptors (Lipinski definition) is 6. The van der Waals surface area contributed by atoms with Crippen LogP contribution < -0.4 is 10.2 Å². The molecule has 21 heavy (non-hydrogen) atoms. The van der Waals surface area contributed by atoms with Crippen molar-refractivity contribution >= 4 is 11.6 Å². The van der Waals surface area contributed by atoms with E-state index in [0.29, 0.717) is 25.0 Å². The first-order valence-corrected chi connectivity index (χ1v) is 7.70. The molecule has 0 amide bonds. The van der Waals surface area contributed by atoms with Gasteiger partial charge in [0.05, 0.1) is 6.61 Å². The lowest BCUT2D eigenvalue weighted by molar-refractivity contribution is 0.178. The molecule has 1 aromatic heterocycles. The monoisotopic (exact) mass is 294 g/mol. The standard InChI is InChI=1S/C15H26N4O2/c1-16-13-10-15(18-14(17-13)11-21-2)19(8-9-20)12-6-4-3-5-7-12/h10,12,20H,3-9,11H2,1-2H3,(H,16,17,18). The predicted molar refractivity (Wildman–Crippen MR) is 83.6 cm³/mol. The zero-order valence-corrected chi connectivity index (χ0v) is 13.0. The summed E-state index contributed by atoms with van der Waals surface area (Å²) in [4.78, 5) is 11.2. The Morgan fingerprint density at radius 3 is 2.71 bits per heavy atom. The molecule has 0 aromatic carbocycles. The van der Waals surface area contributed by atoms with E-state index in [0.717, 1.165) is 11.6 Å². The number of hydrogen-bond donors (Lipinski definition) is 2. The highest BCUT2D eigenvalue weighted by molar-refractivity contribution is 5.50. The highest BCUT2D eigenvalue weighted by atomic mass is 16.5. The van der Waals surface area contributed by atoms with Crippen molar-refractivity contribution in [1.82, 2.24) is 9.97 Å². The molecule has 2 rings (SSSR count). The van der Waals surface area contributed by atoms with Crippen LogP contribution in [0.1, 0.15) is 37.9 Å². The minimum atomic E-state index is 0.134. The van der Waals surface area contributed by atoms with Gasteiger partial charge in [-0.2, -0.15) is 0 Å². The van der Waals surface area contributed by atoms with Gasteiger partial charge in [0, 0.05) is 32.8 Å². The summed E-state index contributed by atoms with van der Waals surface area (Å²) in [7, 11) is 3.49. The van der Waals surface area contributed by atoms with E-state index in [1.54, 1.807) is 7.11 Å². The maximum Gasteiger partial charge on any atom is 0.158 e. The van der Waals surface area contributed by atoms with Gasteiger partial charge in [-0.15, -0.1) is 0 Å². The molecule has 1 saturated carbocycles. The van der Waals surface area contributed by atoms with E-state index in [1.807, 2.05) is 13.1 Å². The van der Waals surface area contributed by atoms with Crippen LogP contribution in [0.5, 0.6) is 0 Å². The second-order valence-corrected chi connectivity index (χ2v) is 5.42. The second kappa shape index (κ2) is 8.14. The smallest absolute Gasteiger partial charge is 0.158 e. The summed E-state index contributed by atoms with van der Waals surface area (Å²) in [5, 5.41) is 12.5. The highest BCUT2D eigenvalue weighted by Gasteiger charge is 2.23. The third-order valence-corrected chi connectivity index (χ3v) is 3.94. The Morgan fingerprint density at radius 1 is 1.33 bits per heavy atom. The van der Waals surface area contributed by atoms with Gasteiger partial charge in [-0.3, -0.25) is 0 Å². The molecule has 1 fully saturated rings. The van der Waals surface area contributed by atoms with E-state index in [2.05, 4.69) is 20.2 Å². The summed E-state index contributed by atoms with van der Waals surface area (Å²) in [5.74, 6) is 2.33. The number of aliphatic hydroxyl groups is 1. The summed E-state index contributed by atoms with van der Waals surface area (Å²) in [6, 6.07) is 2.41. The van der Waals surface area contributed by atoms with Gasteiger partial charge in [0.1, 0.15) is 18.2 Å². The van der Waals surface area contributed by atoms with Gasteiger partial charge in [0.15, 0.2) is 5.82 Å². The lowest BCUT2D eigenvalue weighted by Crippen LogP contribution is -2.39. The normalized spacial score (nSPS) is 16.0. The van der Waals surface area contributed by atoms with Gasteiger partial charge in [0.2, 0.25) is 0 Å². The second-order valence-electron chi connectivity index (χ2n) is 5.42. The van der Waals surface area contributed by atoms with Gasteiger partial charge < -0.3 is 20.1 Å². The molecule has 1 heterocycles. The third kappa shape index (κ3) is 4.28. The van der Waals surface area contributed by atoms with Crippen molar-refractivity contribution in [3.05, 3.63) is 11.9 Å². The molecule has 0 saturated heterocycles. The summed E-state index contributed by atoms with van der Waals surface area (Å²) < 4.78 is 5.15. The number of ether oxygens (including phenoxy) is 1. The van der Waals surface area contributed by atoms with Gasteiger partial charge in [-0.25, -0.2) is 9.97 Å². The van der Waals surface area contributed by atoms with Crippen LogP contribution in [0, 0.1) is 0 Å². The van der Waals surface area contributed by atoms with E-state index in [4.69, 9.17) is 4.74 Å². The van der Waals surface area contributed by atoms with Crippen LogP contribution >= 0.6 is 0 Å². The van der Waals surface area contributed by atoms with E-state index in [1.165, 1.54) is 32.1 Å². The molecule has 0 atom stereocenters. The van der Waals surface area contributed by atoms with Crippen molar-refractivity contribution in [2.45, 2.75) is 44.8 Å². The Kier molecular flexibility index (Phi) is 6.20. The first-order valence-electron chi connectivity index (χ1n) is 7.70. The number of nitrogens with one attached hydrogen (secondary N) is 1. The first-order chi connectivity index (χ1) is 10.3. The zero-order chi connectivity index (χ0) is 15.1. The molecule has 0 radical (unpaired) electrons. The van der Waals surface area contributed by atoms with Crippen molar-refractivity contribution in [2.75, 3.05) is 37.5 Å². The van der Waals surface area contributed by atoms with E-state index >= 15 is 0 Å². The molecule has 118 valence electrons. The number of anilines is 2. The summed E-state index contributed by atoms with van der Waals surface area (Å²) in [6.07, 6.45) is 6.14. The van der Waals surface area contributed by atoms with Crippen LogP contribution in [-0.2, 0) is 11.3 Å². The SMILES string of the molecule is CNc1cc(N(CCO)C2CCCCC2)nc(COC)n1. The molecule has 0 aliphatic heterocycles. The molecule has 1 aliphatic carbocycles. The Bertz CT molecular complexity index is 436. The Morgan fingerprint density at radius 2 is 2.10 bits per heavy atom. The highest BCUT2D eigenvalue weighted by Crippen LogP contribution is 2.27. The molecular formula is C15H26N4O2. The fourth-order valence-corrected chi connectivity index (χ4v) is 2.94. The van der Waals surface area contributed by atoms with Crippen LogP contribution in [0.25, 0.3) is 0 Å². The molecule has 0 spiro atoms. The fourth-order valence-electron chi connectivity index (χ4n) is 2.94. The average molecular weight is 294 g/mol. The summed E-state index contributed by atoms with van der Waals surface area (Å²) >= 11 is 0. The lowest BCUT2D eigenvalue weighted by atomic mass is 9.94. The van der Waals surface area contributed by atoms with E-state index < -0.39 is 0 Å². The Labute approximate surface area is 126 Å². The van der Waals surface area contributed by atoms with Crippen molar-refractivity contribution in [3.8, 4) is 0 Å². The van der Waals surface area contributed by atoms with Crippen molar-refractivity contribution < 1.29 is 9.84 Å². The molecule has 6 nitrogen and oxygen atoms in total. The zero-order valence-electron chi connectivity index (χ0n) is 13.0. The minimum Gasteiger partial charge on any atom is -0.395 e. The van der Waals surface area contributed by atoms with E-state index in [-0.39, 0.29) is 6.61 Å². The fraction of sp³-hybridized carbons (Fsp3) is 0.733. The Balaban J connectivity index is 2.26. The van der Waals surface area contributed by atoms with E-state index in [9.17, 15) is 5.11 Å². The average Bonchev–Trinajstić information content (AvgIpc) is 2.53. The summed E-state index contributed by atoms with van der Waals surface area (Å²) in [6.45, 7) is 1.13. The lowest BCUT2D eigenvalue weighted by Gasteiger charge is -2.35. The van der Waals surface area contributed by atoms with Crippen LogP contribution in [0.3, 0.4) is 0 Å². The third-order valence-electron chi connectivity index (χ3n) is 3.94. The molecule has 0 bridgehead atoms. The van der Waals surface area contributed by atoms with Crippen molar-refractivity contribution in [1.29, 1.82) is 0 Å². The number of nitrogens with zero attached hydrogens (tertiary/aromatic N) is 3.